The molecule has 0 saturated heterocycles. The number of amides is 1. The molecule has 2 heterocycles. The second-order valence-electron chi connectivity index (χ2n) is 6.52. The standard InChI is InChI=1S/C20H21N3O2/c1-13(20-22-16-5-3-4-6-17(16)23(20)2)21-19(24)12-14-7-8-15-9-10-25-18(15)11-14/h3-8,11,13H,9-10,12H2,1-2H3,(H,21,24)/t13-/m0/s1. The third-order valence-electron chi connectivity index (χ3n) is 4.71. The van der Waals surface area contributed by atoms with E-state index in [1.165, 1.54) is 5.56 Å². The largest absolute Gasteiger partial charge is 0.493 e. The zero-order chi connectivity index (χ0) is 17.4. The van der Waals surface area contributed by atoms with Gasteiger partial charge in [0.1, 0.15) is 11.6 Å². The molecule has 1 amide bonds. The maximum absolute atomic E-state index is 12.4. The van der Waals surface area contributed by atoms with Crippen LogP contribution in [-0.4, -0.2) is 22.1 Å². The minimum atomic E-state index is -0.157. The van der Waals surface area contributed by atoms with Gasteiger partial charge in [-0.25, -0.2) is 4.98 Å². The minimum absolute atomic E-state index is 0.0162. The smallest absolute Gasteiger partial charge is 0.224 e. The summed E-state index contributed by atoms with van der Waals surface area (Å²) in [7, 11) is 1.98. The number of fused-ring (bicyclic) bond motifs is 2. The third kappa shape index (κ3) is 2.97. The summed E-state index contributed by atoms with van der Waals surface area (Å²) in [4.78, 5) is 17.1. The van der Waals surface area contributed by atoms with Gasteiger partial charge < -0.3 is 14.6 Å². The van der Waals surface area contributed by atoms with E-state index in [-0.39, 0.29) is 11.9 Å². The van der Waals surface area contributed by atoms with E-state index in [9.17, 15) is 4.79 Å². The van der Waals surface area contributed by atoms with E-state index in [4.69, 9.17) is 4.74 Å². The summed E-state index contributed by atoms with van der Waals surface area (Å²) in [6.45, 7) is 2.69. The molecule has 1 aliphatic heterocycles. The monoisotopic (exact) mass is 335 g/mol. The number of carbonyl (C=O) groups excluding carboxylic acids is 1. The molecule has 0 aliphatic carbocycles. The number of hydrogen-bond acceptors (Lipinski definition) is 3. The van der Waals surface area contributed by atoms with Gasteiger partial charge in [0.2, 0.25) is 5.91 Å². The average Bonchev–Trinajstić information content (AvgIpc) is 3.19. The quantitative estimate of drug-likeness (QED) is 0.797. The molecule has 0 radical (unpaired) electrons. The molecule has 5 nitrogen and oxygen atoms in total. The first-order valence-electron chi connectivity index (χ1n) is 8.57. The number of rotatable bonds is 4. The summed E-state index contributed by atoms with van der Waals surface area (Å²) < 4.78 is 7.61. The molecule has 2 aromatic carbocycles. The maximum atomic E-state index is 12.4. The molecule has 5 heteroatoms. The lowest BCUT2D eigenvalue weighted by atomic mass is 10.1. The average molecular weight is 335 g/mol. The van der Waals surface area contributed by atoms with E-state index in [1.807, 2.05) is 54.9 Å². The first kappa shape index (κ1) is 15.7. The fourth-order valence-corrected chi connectivity index (χ4v) is 3.41. The SMILES string of the molecule is C[C@H](NC(=O)Cc1ccc2c(c1)OCC2)c1nc2ccccc2n1C. The number of aryl methyl sites for hydroxylation is 1. The molecule has 0 saturated carbocycles. The van der Waals surface area contributed by atoms with Crippen molar-refractivity contribution in [3.63, 3.8) is 0 Å². The van der Waals surface area contributed by atoms with Gasteiger partial charge in [0.15, 0.2) is 0 Å². The van der Waals surface area contributed by atoms with E-state index < -0.39 is 0 Å². The van der Waals surface area contributed by atoms with E-state index >= 15 is 0 Å². The van der Waals surface area contributed by atoms with Crippen molar-refractivity contribution >= 4 is 16.9 Å². The summed E-state index contributed by atoms with van der Waals surface area (Å²) >= 11 is 0. The number of ether oxygens (including phenoxy) is 1. The highest BCUT2D eigenvalue weighted by Crippen LogP contribution is 2.26. The van der Waals surface area contributed by atoms with Gasteiger partial charge in [-0.2, -0.15) is 0 Å². The Kier molecular flexibility index (Phi) is 3.92. The first-order chi connectivity index (χ1) is 12.1. The zero-order valence-corrected chi connectivity index (χ0v) is 14.5. The molecular formula is C20H21N3O2. The molecule has 1 N–H and O–H groups in total. The number of nitrogens with one attached hydrogen (secondary N) is 1. The van der Waals surface area contributed by atoms with Crippen molar-refractivity contribution in [2.24, 2.45) is 7.05 Å². The molecular weight excluding hydrogens is 314 g/mol. The van der Waals surface area contributed by atoms with Gasteiger partial charge in [-0.3, -0.25) is 4.79 Å². The van der Waals surface area contributed by atoms with Gasteiger partial charge in [0.25, 0.3) is 0 Å². The van der Waals surface area contributed by atoms with Crippen LogP contribution < -0.4 is 10.1 Å². The Bertz CT molecular complexity index is 945. The Morgan fingerprint density at radius 1 is 1.32 bits per heavy atom. The second-order valence-corrected chi connectivity index (χ2v) is 6.52. The topological polar surface area (TPSA) is 56.1 Å². The van der Waals surface area contributed by atoms with Crippen LogP contribution in [0.1, 0.15) is 29.9 Å². The van der Waals surface area contributed by atoms with Gasteiger partial charge in [-0.1, -0.05) is 24.3 Å². The van der Waals surface area contributed by atoms with Crippen LogP contribution in [-0.2, 0) is 24.7 Å². The summed E-state index contributed by atoms with van der Waals surface area (Å²) in [5, 5.41) is 3.05. The summed E-state index contributed by atoms with van der Waals surface area (Å²) in [6, 6.07) is 13.9. The van der Waals surface area contributed by atoms with Crippen LogP contribution >= 0.6 is 0 Å². The number of hydrogen-bond donors (Lipinski definition) is 1. The number of imidazole rings is 1. The fraction of sp³-hybridized carbons (Fsp3) is 0.300. The first-order valence-corrected chi connectivity index (χ1v) is 8.57. The van der Waals surface area contributed by atoms with E-state index in [0.717, 1.165) is 41.2 Å². The molecule has 128 valence electrons. The van der Waals surface area contributed by atoms with Crippen LogP contribution in [0.3, 0.4) is 0 Å². The molecule has 0 spiro atoms. The summed E-state index contributed by atoms with van der Waals surface area (Å²) in [5.41, 5.74) is 4.19. The maximum Gasteiger partial charge on any atom is 0.224 e. The lowest BCUT2D eigenvalue weighted by Gasteiger charge is -2.14. The summed E-state index contributed by atoms with van der Waals surface area (Å²) in [6.07, 6.45) is 1.29. The highest BCUT2D eigenvalue weighted by molar-refractivity contribution is 5.80. The van der Waals surface area contributed by atoms with Crippen LogP contribution in [0.4, 0.5) is 0 Å². The molecule has 1 aliphatic rings. The van der Waals surface area contributed by atoms with Crippen LogP contribution in [0.25, 0.3) is 11.0 Å². The Labute approximate surface area is 146 Å². The predicted molar refractivity (Wildman–Crippen MR) is 96.6 cm³/mol. The number of para-hydroxylation sites is 2. The van der Waals surface area contributed by atoms with Gasteiger partial charge in [-0.15, -0.1) is 0 Å². The van der Waals surface area contributed by atoms with Crippen LogP contribution in [0.15, 0.2) is 42.5 Å². The number of carbonyl (C=O) groups is 1. The molecule has 1 atom stereocenters. The lowest BCUT2D eigenvalue weighted by molar-refractivity contribution is -0.121. The molecule has 3 aromatic rings. The van der Waals surface area contributed by atoms with Crippen molar-refractivity contribution in [3.8, 4) is 5.75 Å². The van der Waals surface area contributed by atoms with Crippen LogP contribution in [0.5, 0.6) is 5.75 Å². The fourth-order valence-electron chi connectivity index (χ4n) is 3.41. The third-order valence-corrected chi connectivity index (χ3v) is 4.71. The normalized spacial score (nSPS) is 14.2. The minimum Gasteiger partial charge on any atom is -0.493 e. The zero-order valence-electron chi connectivity index (χ0n) is 14.5. The highest BCUT2D eigenvalue weighted by atomic mass is 16.5. The molecule has 0 unspecified atom stereocenters. The Balaban J connectivity index is 1.47. The summed E-state index contributed by atoms with van der Waals surface area (Å²) in [5.74, 6) is 1.75. The lowest BCUT2D eigenvalue weighted by Crippen LogP contribution is -2.29. The van der Waals surface area contributed by atoms with Crippen molar-refractivity contribution < 1.29 is 9.53 Å². The predicted octanol–water partition coefficient (Wildman–Crippen LogP) is 2.93. The second kappa shape index (κ2) is 6.24. The molecule has 0 fully saturated rings. The van der Waals surface area contributed by atoms with E-state index in [1.54, 1.807) is 0 Å². The highest BCUT2D eigenvalue weighted by Gasteiger charge is 2.18. The van der Waals surface area contributed by atoms with Crippen molar-refractivity contribution in [1.29, 1.82) is 0 Å². The van der Waals surface area contributed by atoms with Crippen molar-refractivity contribution in [2.75, 3.05) is 6.61 Å². The van der Waals surface area contributed by atoms with Crippen LogP contribution in [0, 0.1) is 0 Å². The Hall–Kier alpha value is -2.82. The van der Waals surface area contributed by atoms with Crippen LogP contribution in [0.2, 0.25) is 0 Å². The molecule has 0 bridgehead atoms. The van der Waals surface area contributed by atoms with Gasteiger partial charge in [0, 0.05) is 13.5 Å². The Morgan fingerprint density at radius 3 is 3.00 bits per heavy atom. The number of nitrogens with zero attached hydrogens (tertiary/aromatic N) is 2. The van der Waals surface area contributed by atoms with Crippen molar-refractivity contribution in [2.45, 2.75) is 25.8 Å². The van der Waals surface area contributed by atoms with E-state index in [2.05, 4.69) is 16.4 Å². The molecule has 4 rings (SSSR count). The van der Waals surface area contributed by atoms with Gasteiger partial charge in [0.05, 0.1) is 30.1 Å². The van der Waals surface area contributed by atoms with Gasteiger partial charge >= 0.3 is 0 Å². The van der Waals surface area contributed by atoms with E-state index in [0.29, 0.717) is 6.42 Å². The van der Waals surface area contributed by atoms with Crippen molar-refractivity contribution in [1.82, 2.24) is 14.9 Å². The van der Waals surface area contributed by atoms with Gasteiger partial charge in [-0.05, 0) is 36.2 Å². The molecule has 1 aromatic heterocycles. The Morgan fingerprint density at radius 2 is 2.16 bits per heavy atom. The number of benzene rings is 2. The molecule has 25 heavy (non-hydrogen) atoms. The number of aromatic nitrogens is 2. The van der Waals surface area contributed by atoms with Crippen molar-refractivity contribution in [3.05, 3.63) is 59.4 Å².